The number of hydrogen-bond donors (Lipinski definition) is 1. The van der Waals surface area contributed by atoms with Crippen LogP contribution in [0.4, 0.5) is 0 Å². The van der Waals surface area contributed by atoms with Crippen molar-refractivity contribution in [2.24, 2.45) is 0 Å². The molecule has 2 amide bonds. The van der Waals surface area contributed by atoms with E-state index in [0.29, 0.717) is 24.5 Å². The van der Waals surface area contributed by atoms with E-state index in [9.17, 15) is 9.59 Å². The normalized spacial score (nSPS) is 17.3. The number of carbonyl (C=O) groups excluding carboxylic acids is 2. The fraction of sp³-hybridized carbons (Fsp3) is 0.579. The Morgan fingerprint density at radius 2 is 2.08 bits per heavy atom. The molecule has 138 valence electrons. The molecule has 1 aliphatic heterocycles. The van der Waals surface area contributed by atoms with Crippen molar-refractivity contribution in [3.63, 3.8) is 0 Å². The molecule has 1 heterocycles. The van der Waals surface area contributed by atoms with E-state index in [-0.39, 0.29) is 17.9 Å². The van der Waals surface area contributed by atoms with Gasteiger partial charge in [0.15, 0.2) is 0 Å². The summed E-state index contributed by atoms with van der Waals surface area (Å²) in [7, 11) is 3.60. The summed E-state index contributed by atoms with van der Waals surface area (Å²) in [4.78, 5) is 28.4. The van der Waals surface area contributed by atoms with Crippen LogP contribution in [0.25, 0.3) is 0 Å². The molecule has 1 fully saturated rings. The molecule has 0 unspecified atom stereocenters. The molecule has 1 aromatic rings. The molecular formula is C19H29N3O3. The zero-order chi connectivity index (χ0) is 18.2. The highest BCUT2D eigenvalue weighted by Gasteiger charge is 2.31. The molecule has 0 aromatic heterocycles. The Morgan fingerprint density at radius 1 is 1.32 bits per heavy atom. The summed E-state index contributed by atoms with van der Waals surface area (Å²) >= 11 is 0. The molecule has 25 heavy (non-hydrogen) atoms. The number of nitrogens with zero attached hydrogens (tertiary/aromatic N) is 2. The van der Waals surface area contributed by atoms with Crippen LogP contribution in [0.15, 0.2) is 24.3 Å². The first-order valence-electron chi connectivity index (χ1n) is 8.99. The monoisotopic (exact) mass is 347 g/mol. The van der Waals surface area contributed by atoms with Crippen LogP contribution in [0.5, 0.6) is 5.75 Å². The van der Waals surface area contributed by atoms with E-state index in [0.717, 1.165) is 32.4 Å². The number of para-hydroxylation sites is 1. The third kappa shape index (κ3) is 5.19. The van der Waals surface area contributed by atoms with Gasteiger partial charge in [-0.05, 0) is 44.9 Å². The average Bonchev–Trinajstić information content (AvgIpc) is 3.07. The molecule has 6 heteroatoms. The van der Waals surface area contributed by atoms with E-state index >= 15 is 0 Å². The predicted octanol–water partition coefficient (Wildman–Crippen LogP) is 1.76. The molecule has 1 aromatic carbocycles. The van der Waals surface area contributed by atoms with E-state index in [1.807, 2.05) is 19.1 Å². The molecule has 1 N–H and O–H groups in total. The number of ether oxygens (including phenoxy) is 1. The fourth-order valence-electron chi connectivity index (χ4n) is 3.19. The van der Waals surface area contributed by atoms with Crippen molar-refractivity contribution in [1.82, 2.24) is 15.1 Å². The summed E-state index contributed by atoms with van der Waals surface area (Å²) in [6.45, 7) is 4.78. The number of likely N-dealkylation sites (N-methyl/N-ethyl adjacent to an activating group) is 1. The van der Waals surface area contributed by atoms with Gasteiger partial charge in [-0.1, -0.05) is 12.1 Å². The quantitative estimate of drug-likeness (QED) is 0.728. The number of likely N-dealkylation sites (tertiary alicyclic amines) is 1. The van der Waals surface area contributed by atoms with Crippen LogP contribution in [0.3, 0.4) is 0 Å². The molecule has 0 aliphatic carbocycles. The predicted molar refractivity (Wildman–Crippen MR) is 97.9 cm³/mol. The lowest BCUT2D eigenvalue weighted by Crippen LogP contribution is -2.43. The van der Waals surface area contributed by atoms with E-state index in [4.69, 9.17) is 4.74 Å². The lowest BCUT2D eigenvalue weighted by atomic mass is 10.2. The van der Waals surface area contributed by atoms with Crippen molar-refractivity contribution >= 4 is 11.8 Å². The molecule has 1 saturated heterocycles. The average molecular weight is 347 g/mol. The third-order valence-corrected chi connectivity index (χ3v) is 4.43. The topological polar surface area (TPSA) is 61.9 Å². The largest absolute Gasteiger partial charge is 0.493 e. The molecule has 0 spiro atoms. The molecule has 1 atom stereocenters. The van der Waals surface area contributed by atoms with Crippen LogP contribution in [-0.4, -0.2) is 68.0 Å². The first-order valence-corrected chi connectivity index (χ1v) is 8.99. The second-order valence-corrected chi connectivity index (χ2v) is 6.47. The van der Waals surface area contributed by atoms with Crippen LogP contribution in [0.1, 0.15) is 36.5 Å². The SMILES string of the molecule is CCOc1ccccc1C(=O)NCCCN1CCC[C@H]1C(=O)N(C)C. The van der Waals surface area contributed by atoms with Gasteiger partial charge >= 0.3 is 0 Å². The maximum absolute atomic E-state index is 12.3. The minimum absolute atomic E-state index is 0.00983. The van der Waals surface area contributed by atoms with Gasteiger partial charge in [-0.3, -0.25) is 14.5 Å². The highest BCUT2D eigenvalue weighted by Crippen LogP contribution is 2.19. The second-order valence-electron chi connectivity index (χ2n) is 6.47. The number of hydrogen-bond acceptors (Lipinski definition) is 4. The number of amides is 2. The summed E-state index contributed by atoms with van der Waals surface area (Å²) in [5.41, 5.74) is 0.561. The van der Waals surface area contributed by atoms with Gasteiger partial charge in [0.25, 0.3) is 5.91 Å². The zero-order valence-corrected chi connectivity index (χ0v) is 15.5. The van der Waals surface area contributed by atoms with Crippen LogP contribution < -0.4 is 10.1 Å². The van der Waals surface area contributed by atoms with Crippen LogP contribution >= 0.6 is 0 Å². The fourth-order valence-corrected chi connectivity index (χ4v) is 3.19. The molecule has 0 bridgehead atoms. The highest BCUT2D eigenvalue weighted by molar-refractivity contribution is 5.96. The Hall–Kier alpha value is -2.08. The van der Waals surface area contributed by atoms with Crippen molar-refractivity contribution < 1.29 is 14.3 Å². The summed E-state index contributed by atoms with van der Waals surface area (Å²) in [5.74, 6) is 0.664. The Balaban J connectivity index is 1.79. The minimum atomic E-state index is -0.119. The summed E-state index contributed by atoms with van der Waals surface area (Å²) in [5, 5.41) is 2.95. The number of benzene rings is 1. The summed E-state index contributed by atoms with van der Waals surface area (Å²) in [6.07, 6.45) is 2.79. The van der Waals surface area contributed by atoms with Crippen LogP contribution in [0, 0.1) is 0 Å². The standard InChI is InChI=1S/C19H29N3O3/c1-4-25-17-11-6-5-9-15(17)18(23)20-12-8-14-22-13-7-10-16(22)19(24)21(2)3/h5-6,9,11,16H,4,7-8,10,12-14H2,1-3H3,(H,20,23)/t16-/m0/s1. The van der Waals surface area contributed by atoms with Crippen molar-refractivity contribution in [2.75, 3.05) is 40.3 Å². The minimum Gasteiger partial charge on any atom is -0.493 e. The Labute approximate surface area is 150 Å². The zero-order valence-electron chi connectivity index (χ0n) is 15.5. The third-order valence-electron chi connectivity index (χ3n) is 4.43. The molecule has 2 rings (SSSR count). The number of nitrogens with one attached hydrogen (secondary N) is 1. The maximum atomic E-state index is 12.3. The van der Waals surface area contributed by atoms with Crippen molar-refractivity contribution in [3.8, 4) is 5.75 Å². The number of rotatable bonds is 8. The van der Waals surface area contributed by atoms with E-state index in [1.165, 1.54) is 0 Å². The van der Waals surface area contributed by atoms with Crippen molar-refractivity contribution in [3.05, 3.63) is 29.8 Å². The summed E-state index contributed by atoms with van der Waals surface area (Å²) < 4.78 is 5.50. The van der Waals surface area contributed by atoms with Gasteiger partial charge < -0.3 is 15.0 Å². The van der Waals surface area contributed by atoms with Gasteiger partial charge in [-0.2, -0.15) is 0 Å². The lowest BCUT2D eigenvalue weighted by Gasteiger charge is -2.26. The van der Waals surface area contributed by atoms with E-state index in [1.54, 1.807) is 31.1 Å². The molecule has 6 nitrogen and oxygen atoms in total. The molecule has 0 saturated carbocycles. The van der Waals surface area contributed by atoms with Gasteiger partial charge in [0.1, 0.15) is 5.75 Å². The van der Waals surface area contributed by atoms with Gasteiger partial charge in [0.05, 0.1) is 18.2 Å². The molecular weight excluding hydrogens is 318 g/mol. The molecule has 0 radical (unpaired) electrons. The maximum Gasteiger partial charge on any atom is 0.255 e. The van der Waals surface area contributed by atoms with Crippen molar-refractivity contribution in [2.45, 2.75) is 32.2 Å². The van der Waals surface area contributed by atoms with Gasteiger partial charge in [0, 0.05) is 27.2 Å². The van der Waals surface area contributed by atoms with Gasteiger partial charge in [-0.15, -0.1) is 0 Å². The van der Waals surface area contributed by atoms with E-state index in [2.05, 4.69) is 10.2 Å². The van der Waals surface area contributed by atoms with Gasteiger partial charge in [0.2, 0.25) is 5.91 Å². The molecule has 1 aliphatic rings. The van der Waals surface area contributed by atoms with Crippen LogP contribution in [0.2, 0.25) is 0 Å². The second kappa shape index (κ2) is 9.42. The van der Waals surface area contributed by atoms with Crippen molar-refractivity contribution in [1.29, 1.82) is 0 Å². The first-order chi connectivity index (χ1) is 12.0. The Kier molecular flexibility index (Phi) is 7.25. The summed E-state index contributed by atoms with van der Waals surface area (Å²) in [6, 6.07) is 7.26. The van der Waals surface area contributed by atoms with Gasteiger partial charge in [-0.25, -0.2) is 0 Å². The number of carbonyl (C=O) groups is 2. The lowest BCUT2D eigenvalue weighted by molar-refractivity contribution is -0.133. The Bertz CT molecular complexity index is 589. The smallest absolute Gasteiger partial charge is 0.255 e. The highest BCUT2D eigenvalue weighted by atomic mass is 16.5. The Morgan fingerprint density at radius 3 is 2.80 bits per heavy atom. The van der Waals surface area contributed by atoms with Crippen LogP contribution in [-0.2, 0) is 4.79 Å². The van der Waals surface area contributed by atoms with E-state index < -0.39 is 0 Å². The first kappa shape index (κ1) is 19.2.